The molecule has 1 aliphatic carbocycles. The summed E-state index contributed by atoms with van der Waals surface area (Å²) in [5.74, 6) is -0.925. The molecule has 0 radical (unpaired) electrons. The van der Waals surface area contributed by atoms with Crippen molar-refractivity contribution in [1.29, 1.82) is 0 Å². The van der Waals surface area contributed by atoms with Crippen LogP contribution in [0, 0.1) is 0 Å². The van der Waals surface area contributed by atoms with Gasteiger partial charge in [0.25, 0.3) is 0 Å². The fourth-order valence-electron chi connectivity index (χ4n) is 4.16. The summed E-state index contributed by atoms with van der Waals surface area (Å²) in [7, 11) is 0. The van der Waals surface area contributed by atoms with E-state index in [1.807, 2.05) is 59.5 Å². The Labute approximate surface area is 168 Å². The third-order valence-electron chi connectivity index (χ3n) is 5.85. The second-order valence-electron chi connectivity index (χ2n) is 7.61. The molecule has 1 aliphatic heterocycles. The molecule has 1 heterocycles. The first kappa shape index (κ1) is 19.0. The highest BCUT2D eigenvalue weighted by atomic mass is 35.5. The van der Waals surface area contributed by atoms with Crippen molar-refractivity contribution >= 4 is 23.5 Å². The van der Waals surface area contributed by atoms with Crippen molar-refractivity contribution in [2.24, 2.45) is 0 Å². The van der Waals surface area contributed by atoms with Crippen molar-refractivity contribution in [2.75, 3.05) is 19.7 Å². The van der Waals surface area contributed by atoms with Gasteiger partial charge in [0.15, 0.2) is 0 Å². The zero-order chi connectivity index (χ0) is 19.8. The smallest absolute Gasteiger partial charge is 0.329 e. The first-order valence-corrected chi connectivity index (χ1v) is 9.80. The Bertz CT molecular complexity index is 879. The minimum absolute atomic E-state index is 0.0894. The summed E-state index contributed by atoms with van der Waals surface area (Å²) in [6.45, 7) is 0.514. The number of ether oxygens (including phenoxy) is 1. The molecule has 1 unspecified atom stereocenters. The minimum Gasteiger partial charge on any atom is -0.480 e. The molecule has 1 atom stereocenters. The Hall–Kier alpha value is -2.37. The Morgan fingerprint density at radius 3 is 2.29 bits per heavy atom. The number of carboxylic acids is 1. The Morgan fingerprint density at radius 1 is 1.00 bits per heavy atom. The van der Waals surface area contributed by atoms with Gasteiger partial charge in [0.2, 0.25) is 5.91 Å². The van der Waals surface area contributed by atoms with Crippen LogP contribution in [0.3, 0.4) is 0 Å². The number of halogens is 1. The maximum absolute atomic E-state index is 13.4. The van der Waals surface area contributed by atoms with E-state index < -0.39 is 17.0 Å². The second kappa shape index (κ2) is 7.22. The largest absolute Gasteiger partial charge is 0.480 e. The van der Waals surface area contributed by atoms with Gasteiger partial charge >= 0.3 is 5.97 Å². The van der Waals surface area contributed by atoms with Crippen LogP contribution in [0.5, 0.6) is 0 Å². The maximum atomic E-state index is 13.4. The molecule has 2 fully saturated rings. The number of carbonyl (C=O) groups is 2. The zero-order valence-electron chi connectivity index (χ0n) is 15.4. The number of amides is 1. The van der Waals surface area contributed by atoms with Gasteiger partial charge < -0.3 is 14.7 Å². The number of hydrogen-bond acceptors (Lipinski definition) is 3. The molecule has 4 rings (SSSR count). The van der Waals surface area contributed by atoms with Gasteiger partial charge in [-0.25, -0.2) is 4.79 Å². The molecule has 2 aromatic rings. The summed E-state index contributed by atoms with van der Waals surface area (Å²) in [6, 6.07) is 17.1. The first-order valence-electron chi connectivity index (χ1n) is 9.42. The van der Waals surface area contributed by atoms with E-state index in [4.69, 9.17) is 21.4 Å². The van der Waals surface area contributed by atoms with Crippen LogP contribution in [0.15, 0.2) is 54.6 Å². The Balaban J connectivity index is 1.58. The molecular weight excluding hydrogens is 378 g/mol. The summed E-state index contributed by atoms with van der Waals surface area (Å²) in [5.41, 5.74) is 0.628. The van der Waals surface area contributed by atoms with Crippen molar-refractivity contribution in [3.8, 4) is 0 Å². The van der Waals surface area contributed by atoms with Crippen LogP contribution in [-0.2, 0) is 25.3 Å². The molecule has 1 amide bonds. The molecule has 0 aromatic heterocycles. The molecule has 2 aliphatic rings. The third-order valence-corrected chi connectivity index (χ3v) is 6.10. The van der Waals surface area contributed by atoms with Gasteiger partial charge in [0.05, 0.1) is 12.0 Å². The standard InChI is InChI=1S/C22H22ClNO4/c23-18-8-6-16(7-9-18)21(10-11-21)20(27)24-13-12-22(15-24,28-14-19(25)26)17-4-2-1-3-5-17/h1-9H,10-15H2,(H,25,26). The van der Waals surface area contributed by atoms with Crippen LogP contribution in [0.2, 0.25) is 5.02 Å². The number of benzene rings is 2. The molecule has 1 N–H and O–H groups in total. The summed E-state index contributed by atoms with van der Waals surface area (Å²) in [4.78, 5) is 26.3. The van der Waals surface area contributed by atoms with Crippen molar-refractivity contribution in [3.05, 3.63) is 70.7 Å². The molecule has 28 heavy (non-hydrogen) atoms. The van der Waals surface area contributed by atoms with Gasteiger partial charge in [0, 0.05) is 11.6 Å². The van der Waals surface area contributed by atoms with E-state index in [-0.39, 0.29) is 12.5 Å². The third kappa shape index (κ3) is 3.40. The fourth-order valence-corrected chi connectivity index (χ4v) is 4.28. The summed E-state index contributed by atoms with van der Waals surface area (Å²) in [5, 5.41) is 9.76. The molecule has 1 saturated carbocycles. The van der Waals surface area contributed by atoms with E-state index >= 15 is 0 Å². The number of carbonyl (C=O) groups excluding carboxylic acids is 1. The van der Waals surface area contributed by atoms with E-state index in [2.05, 4.69) is 0 Å². The van der Waals surface area contributed by atoms with Gasteiger partial charge in [0.1, 0.15) is 12.2 Å². The molecule has 146 valence electrons. The number of hydrogen-bond donors (Lipinski definition) is 1. The van der Waals surface area contributed by atoms with Crippen LogP contribution in [-0.4, -0.2) is 41.6 Å². The monoisotopic (exact) mass is 399 g/mol. The van der Waals surface area contributed by atoms with Gasteiger partial charge in [-0.1, -0.05) is 54.1 Å². The van der Waals surface area contributed by atoms with Crippen molar-refractivity contribution in [1.82, 2.24) is 4.90 Å². The topological polar surface area (TPSA) is 66.8 Å². The fraction of sp³-hybridized carbons (Fsp3) is 0.364. The van der Waals surface area contributed by atoms with Crippen molar-refractivity contribution in [2.45, 2.75) is 30.3 Å². The van der Waals surface area contributed by atoms with E-state index in [9.17, 15) is 9.59 Å². The molecule has 0 spiro atoms. The lowest BCUT2D eigenvalue weighted by Gasteiger charge is -2.31. The lowest BCUT2D eigenvalue weighted by Crippen LogP contribution is -2.41. The number of nitrogens with zero attached hydrogens (tertiary/aromatic N) is 1. The van der Waals surface area contributed by atoms with E-state index in [1.165, 1.54) is 0 Å². The van der Waals surface area contributed by atoms with Crippen LogP contribution in [0.25, 0.3) is 0 Å². The van der Waals surface area contributed by atoms with Crippen molar-refractivity contribution < 1.29 is 19.4 Å². The Kier molecular flexibility index (Phi) is 4.89. The van der Waals surface area contributed by atoms with E-state index in [0.29, 0.717) is 24.5 Å². The molecule has 5 nitrogen and oxygen atoms in total. The molecule has 2 aromatic carbocycles. The average Bonchev–Trinajstić information content (AvgIpc) is 3.40. The van der Waals surface area contributed by atoms with Gasteiger partial charge in [-0.05, 0) is 42.5 Å². The SMILES string of the molecule is O=C(O)COC1(c2ccccc2)CCN(C(=O)C2(c3ccc(Cl)cc3)CC2)C1. The molecule has 6 heteroatoms. The summed E-state index contributed by atoms with van der Waals surface area (Å²) in [6.07, 6.45) is 2.21. The van der Waals surface area contributed by atoms with Crippen LogP contribution in [0.4, 0.5) is 0 Å². The molecule has 1 saturated heterocycles. The number of carboxylic acid groups (broad SMARTS) is 1. The predicted octanol–water partition coefficient (Wildman–Crippen LogP) is 3.60. The predicted molar refractivity (Wildman–Crippen MR) is 105 cm³/mol. The Morgan fingerprint density at radius 2 is 1.68 bits per heavy atom. The van der Waals surface area contributed by atoms with Crippen LogP contribution >= 0.6 is 11.6 Å². The molecular formula is C22H22ClNO4. The second-order valence-corrected chi connectivity index (χ2v) is 8.04. The summed E-state index contributed by atoms with van der Waals surface area (Å²) < 4.78 is 5.86. The van der Waals surface area contributed by atoms with Crippen LogP contribution < -0.4 is 0 Å². The highest BCUT2D eigenvalue weighted by Gasteiger charge is 2.55. The minimum atomic E-state index is -1.01. The van der Waals surface area contributed by atoms with Gasteiger partial charge in [-0.3, -0.25) is 4.79 Å². The molecule has 0 bridgehead atoms. The van der Waals surface area contributed by atoms with E-state index in [1.54, 1.807) is 0 Å². The van der Waals surface area contributed by atoms with Crippen LogP contribution in [0.1, 0.15) is 30.4 Å². The normalized spacial score (nSPS) is 22.8. The van der Waals surface area contributed by atoms with Crippen molar-refractivity contribution in [3.63, 3.8) is 0 Å². The van der Waals surface area contributed by atoms with Gasteiger partial charge in [-0.15, -0.1) is 0 Å². The zero-order valence-corrected chi connectivity index (χ0v) is 16.2. The summed E-state index contributed by atoms with van der Waals surface area (Å²) >= 11 is 5.99. The first-order chi connectivity index (χ1) is 13.5. The van der Waals surface area contributed by atoms with Gasteiger partial charge in [-0.2, -0.15) is 0 Å². The lowest BCUT2D eigenvalue weighted by atomic mass is 9.92. The number of likely N-dealkylation sites (tertiary alicyclic amines) is 1. The highest BCUT2D eigenvalue weighted by molar-refractivity contribution is 6.30. The quantitative estimate of drug-likeness (QED) is 0.805. The maximum Gasteiger partial charge on any atom is 0.329 e. The number of aliphatic carboxylic acids is 1. The average molecular weight is 400 g/mol. The lowest BCUT2D eigenvalue weighted by molar-refractivity contribution is -0.150. The van der Waals surface area contributed by atoms with E-state index in [0.717, 1.165) is 24.0 Å². The highest BCUT2D eigenvalue weighted by Crippen LogP contribution is 2.51. The number of rotatable bonds is 6.